The van der Waals surface area contributed by atoms with Crippen molar-refractivity contribution >= 4 is 29.1 Å². The molecule has 4 rings (SSSR count). The summed E-state index contributed by atoms with van der Waals surface area (Å²) in [6.07, 6.45) is 1.94. The van der Waals surface area contributed by atoms with Crippen molar-refractivity contribution in [3.8, 4) is 5.75 Å². The van der Waals surface area contributed by atoms with Crippen LogP contribution in [0.25, 0.3) is 5.76 Å². The first-order chi connectivity index (χ1) is 16.5. The van der Waals surface area contributed by atoms with Crippen molar-refractivity contribution in [3.63, 3.8) is 0 Å². The number of rotatable bonds is 8. The summed E-state index contributed by atoms with van der Waals surface area (Å²) in [5.74, 6) is -0.942. The molecule has 1 saturated heterocycles. The van der Waals surface area contributed by atoms with Crippen molar-refractivity contribution in [2.24, 2.45) is 0 Å². The Bertz CT molecular complexity index is 1200. The van der Waals surface area contributed by atoms with E-state index in [9.17, 15) is 14.7 Å². The molecule has 3 aromatic carbocycles. The molecule has 0 saturated carbocycles. The van der Waals surface area contributed by atoms with Crippen molar-refractivity contribution in [3.05, 3.63) is 106 Å². The number of hydrogen-bond donors (Lipinski definition) is 1. The van der Waals surface area contributed by atoms with Crippen LogP contribution < -0.4 is 4.74 Å². The fourth-order valence-corrected chi connectivity index (χ4v) is 4.17. The highest BCUT2D eigenvalue weighted by Crippen LogP contribution is 2.41. The molecule has 1 N–H and O–H groups in total. The Morgan fingerprint density at radius 1 is 1.00 bits per heavy atom. The van der Waals surface area contributed by atoms with E-state index in [1.807, 2.05) is 54.6 Å². The Balaban J connectivity index is 1.80. The summed E-state index contributed by atoms with van der Waals surface area (Å²) < 4.78 is 5.87. The number of ketones is 1. The van der Waals surface area contributed by atoms with Gasteiger partial charge in [0, 0.05) is 17.1 Å². The number of halogens is 1. The molecular formula is C28H26ClNO4. The number of likely N-dealkylation sites (tertiary alicyclic amines) is 1. The Kier molecular flexibility index (Phi) is 7.33. The molecule has 0 radical (unpaired) electrons. The number of aliphatic hydroxyl groups is 1. The maximum absolute atomic E-state index is 13.2. The number of carbonyl (C=O) groups is 2. The first-order valence-corrected chi connectivity index (χ1v) is 11.7. The lowest BCUT2D eigenvalue weighted by atomic mass is 9.95. The molecule has 0 aliphatic carbocycles. The van der Waals surface area contributed by atoms with E-state index < -0.39 is 17.7 Å². The molecule has 3 aromatic rings. The number of Topliss-reactive ketones (excluding diaryl/α,β-unsaturated/α-hetero) is 1. The number of hydrogen-bond acceptors (Lipinski definition) is 4. The number of aliphatic hydroxyl groups excluding tert-OH is 1. The van der Waals surface area contributed by atoms with Crippen LogP contribution >= 0.6 is 11.6 Å². The van der Waals surface area contributed by atoms with Gasteiger partial charge in [-0.25, -0.2) is 0 Å². The van der Waals surface area contributed by atoms with Crippen LogP contribution in [0.1, 0.15) is 42.5 Å². The first kappa shape index (κ1) is 23.6. The zero-order chi connectivity index (χ0) is 24.1. The summed E-state index contributed by atoms with van der Waals surface area (Å²) >= 11 is 5.99. The van der Waals surface area contributed by atoms with Crippen LogP contribution in [0, 0.1) is 0 Å². The fraction of sp³-hybridized carbons (Fsp3) is 0.214. The van der Waals surface area contributed by atoms with Gasteiger partial charge in [0.05, 0.1) is 18.2 Å². The van der Waals surface area contributed by atoms with E-state index in [0.717, 1.165) is 18.4 Å². The minimum absolute atomic E-state index is 0.0500. The van der Waals surface area contributed by atoms with Gasteiger partial charge in [-0.05, 0) is 53.9 Å². The highest BCUT2D eigenvalue weighted by molar-refractivity contribution is 6.46. The summed E-state index contributed by atoms with van der Waals surface area (Å²) in [5.41, 5.74) is 2.05. The molecule has 1 fully saturated rings. The minimum Gasteiger partial charge on any atom is -0.507 e. The van der Waals surface area contributed by atoms with Crippen molar-refractivity contribution in [2.75, 3.05) is 6.61 Å². The SMILES string of the molecule is CCCCOc1cccc(C2/C(=C(\O)c3ccc(Cl)cc3)C(=O)C(=O)N2Cc2ccccc2)c1. The van der Waals surface area contributed by atoms with Gasteiger partial charge in [-0.2, -0.15) is 0 Å². The standard InChI is InChI=1S/C28H26ClNO4/c1-2-3-16-34-23-11-7-10-21(17-23)25-24(26(31)20-12-14-22(29)15-13-20)27(32)28(33)30(25)18-19-8-5-4-6-9-19/h4-15,17,25,31H,2-3,16,18H2,1H3/b26-24+. The van der Waals surface area contributed by atoms with Crippen molar-refractivity contribution < 1.29 is 19.4 Å². The van der Waals surface area contributed by atoms with Gasteiger partial charge in [-0.3, -0.25) is 9.59 Å². The summed E-state index contributed by atoms with van der Waals surface area (Å²) in [6.45, 7) is 2.90. The van der Waals surface area contributed by atoms with Crippen LogP contribution in [0.3, 0.4) is 0 Å². The van der Waals surface area contributed by atoms with Gasteiger partial charge in [0.15, 0.2) is 0 Å². The average Bonchev–Trinajstić information content (AvgIpc) is 3.10. The molecule has 1 atom stereocenters. The van der Waals surface area contributed by atoms with E-state index in [0.29, 0.717) is 28.5 Å². The minimum atomic E-state index is -0.759. The largest absolute Gasteiger partial charge is 0.507 e. The van der Waals surface area contributed by atoms with E-state index in [-0.39, 0.29) is 17.9 Å². The topological polar surface area (TPSA) is 66.8 Å². The highest BCUT2D eigenvalue weighted by atomic mass is 35.5. The molecule has 174 valence electrons. The molecule has 1 aliphatic heterocycles. The Morgan fingerprint density at radius 2 is 1.74 bits per heavy atom. The third-order valence-electron chi connectivity index (χ3n) is 5.79. The van der Waals surface area contributed by atoms with E-state index in [1.165, 1.54) is 4.90 Å². The highest BCUT2D eigenvalue weighted by Gasteiger charge is 2.46. The van der Waals surface area contributed by atoms with Gasteiger partial charge < -0.3 is 14.7 Å². The third-order valence-corrected chi connectivity index (χ3v) is 6.05. The lowest BCUT2D eigenvalue weighted by Gasteiger charge is -2.26. The van der Waals surface area contributed by atoms with Crippen molar-refractivity contribution in [2.45, 2.75) is 32.4 Å². The zero-order valence-electron chi connectivity index (χ0n) is 18.9. The normalized spacial score (nSPS) is 17.2. The second kappa shape index (κ2) is 10.6. The van der Waals surface area contributed by atoms with E-state index in [1.54, 1.807) is 24.3 Å². The maximum atomic E-state index is 13.2. The monoisotopic (exact) mass is 475 g/mol. The van der Waals surface area contributed by atoms with Crippen molar-refractivity contribution in [1.29, 1.82) is 0 Å². The number of amides is 1. The van der Waals surface area contributed by atoms with Crippen LogP contribution in [0.4, 0.5) is 0 Å². The van der Waals surface area contributed by atoms with Gasteiger partial charge >= 0.3 is 0 Å². The van der Waals surface area contributed by atoms with Gasteiger partial charge in [0.25, 0.3) is 11.7 Å². The molecule has 0 spiro atoms. The first-order valence-electron chi connectivity index (χ1n) is 11.3. The average molecular weight is 476 g/mol. The van der Waals surface area contributed by atoms with Gasteiger partial charge in [0.2, 0.25) is 0 Å². The smallest absolute Gasteiger partial charge is 0.295 e. The van der Waals surface area contributed by atoms with Crippen molar-refractivity contribution in [1.82, 2.24) is 4.90 Å². The number of carbonyl (C=O) groups excluding carboxylic acids is 2. The number of nitrogens with zero attached hydrogens (tertiary/aromatic N) is 1. The molecule has 1 aliphatic rings. The summed E-state index contributed by atoms with van der Waals surface area (Å²) in [4.78, 5) is 27.9. The van der Waals surface area contributed by atoms with Crippen LogP contribution in [-0.2, 0) is 16.1 Å². The molecule has 0 aromatic heterocycles. The Hall–Kier alpha value is -3.57. The summed E-state index contributed by atoms with van der Waals surface area (Å²) in [5, 5.41) is 11.7. The molecule has 5 nitrogen and oxygen atoms in total. The van der Waals surface area contributed by atoms with Gasteiger partial charge in [0.1, 0.15) is 11.5 Å². The van der Waals surface area contributed by atoms with E-state index in [2.05, 4.69) is 6.92 Å². The van der Waals surface area contributed by atoms with Gasteiger partial charge in [-0.15, -0.1) is 0 Å². The van der Waals surface area contributed by atoms with Crippen LogP contribution in [0.5, 0.6) is 5.75 Å². The summed E-state index contributed by atoms with van der Waals surface area (Å²) in [7, 11) is 0. The number of benzene rings is 3. The quantitative estimate of drug-likeness (QED) is 0.184. The zero-order valence-corrected chi connectivity index (χ0v) is 19.7. The molecule has 34 heavy (non-hydrogen) atoms. The van der Waals surface area contributed by atoms with Crippen LogP contribution in [0.2, 0.25) is 5.02 Å². The number of ether oxygens (including phenoxy) is 1. The Labute approximate surface area is 204 Å². The number of unbranched alkanes of at least 4 members (excludes halogenated alkanes) is 1. The lowest BCUT2D eigenvalue weighted by molar-refractivity contribution is -0.140. The Morgan fingerprint density at radius 3 is 2.44 bits per heavy atom. The fourth-order valence-electron chi connectivity index (χ4n) is 4.04. The molecule has 1 amide bonds. The van der Waals surface area contributed by atoms with Crippen LogP contribution in [-0.4, -0.2) is 28.3 Å². The van der Waals surface area contributed by atoms with Gasteiger partial charge in [-0.1, -0.05) is 67.4 Å². The molecular weight excluding hydrogens is 450 g/mol. The predicted molar refractivity (Wildman–Crippen MR) is 133 cm³/mol. The van der Waals surface area contributed by atoms with Crippen LogP contribution in [0.15, 0.2) is 84.4 Å². The third kappa shape index (κ3) is 5.00. The van der Waals surface area contributed by atoms with E-state index in [4.69, 9.17) is 16.3 Å². The lowest BCUT2D eigenvalue weighted by Crippen LogP contribution is -2.29. The second-order valence-corrected chi connectivity index (χ2v) is 8.63. The molecule has 1 heterocycles. The van der Waals surface area contributed by atoms with E-state index >= 15 is 0 Å². The second-order valence-electron chi connectivity index (χ2n) is 8.19. The molecule has 6 heteroatoms. The maximum Gasteiger partial charge on any atom is 0.295 e. The molecule has 1 unspecified atom stereocenters. The predicted octanol–water partition coefficient (Wildman–Crippen LogP) is 6.14. The molecule has 0 bridgehead atoms. The summed E-state index contributed by atoms with van der Waals surface area (Å²) in [6, 6.07) is 22.6.